The molecule has 2 aromatic carbocycles. The van der Waals surface area contributed by atoms with Gasteiger partial charge in [-0.2, -0.15) is 5.10 Å². The minimum atomic E-state index is -0.295. The van der Waals surface area contributed by atoms with Gasteiger partial charge in [-0.05, 0) is 30.3 Å². The summed E-state index contributed by atoms with van der Waals surface area (Å²) in [4.78, 5) is 4.33. The molecule has 2 heterocycles. The molecule has 0 spiro atoms. The van der Waals surface area contributed by atoms with E-state index in [1.807, 2.05) is 6.07 Å². The third-order valence-corrected chi connectivity index (χ3v) is 3.92. The molecule has 0 amide bonds. The minimum Gasteiger partial charge on any atom is -0.340 e. The van der Waals surface area contributed by atoms with E-state index >= 15 is 0 Å². The molecule has 25 heavy (non-hydrogen) atoms. The largest absolute Gasteiger partial charge is 0.340 e. The second-order valence-corrected chi connectivity index (χ2v) is 5.65. The molecule has 0 aliphatic heterocycles. The van der Waals surface area contributed by atoms with E-state index in [1.54, 1.807) is 47.4 Å². The second kappa shape index (κ2) is 6.32. The van der Waals surface area contributed by atoms with Crippen LogP contribution in [0.1, 0.15) is 5.56 Å². The fourth-order valence-corrected chi connectivity index (χ4v) is 2.64. The Kier molecular flexibility index (Phi) is 3.85. The molecule has 4 aromatic rings. The van der Waals surface area contributed by atoms with Crippen LogP contribution in [-0.2, 0) is 6.54 Å². The number of nitrogens with one attached hydrogen (secondary N) is 1. The number of pyridine rings is 1. The molecule has 0 saturated carbocycles. The fourth-order valence-electron chi connectivity index (χ4n) is 2.64. The van der Waals surface area contributed by atoms with Crippen LogP contribution in [-0.4, -0.2) is 14.8 Å². The van der Waals surface area contributed by atoms with Crippen LogP contribution in [0.2, 0.25) is 0 Å². The van der Waals surface area contributed by atoms with E-state index in [9.17, 15) is 8.78 Å². The summed E-state index contributed by atoms with van der Waals surface area (Å²) < 4.78 is 28.6. The van der Waals surface area contributed by atoms with Crippen molar-refractivity contribution in [3.8, 4) is 0 Å². The first-order valence-electron chi connectivity index (χ1n) is 7.76. The lowest BCUT2D eigenvalue weighted by molar-refractivity contribution is 0.590. The lowest BCUT2D eigenvalue weighted by atomic mass is 10.2. The van der Waals surface area contributed by atoms with E-state index < -0.39 is 0 Å². The van der Waals surface area contributed by atoms with Gasteiger partial charge < -0.3 is 5.32 Å². The SMILES string of the molecule is Fc1ccc(Nc2cc3c(cn2)cnn3Cc2ccccc2F)cc1. The maximum Gasteiger partial charge on any atom is 0.132 e. The molecule has 0 fully saturated rings. The molecular weight excluding hydrogens is 322 g/mol. The molecule has 4 rings (SSSR count). The van der Waals surface area contributed by atoms with Crippen molar-refractivity contribution in [2.75, 3.05) is 5.32 Å². The lowest BCUT2D eigenvalue weighted by Crippen LogP contribution is -2.04. The molecule has 0 saturated heterocycles. The fraction of sp³-hybridized carbons (Fsp3) is 0.0526. The van der Waals surface area contributed by atoms with Crippen LogP contribution >= 0.6 is 0 Å². The van der Waals surface area contributed by atoms with Gasteiger partial charge in [-0.1, -0.05) is 18.2 Å². The topological polar surface area (TPSA) is 42.7 Å². The first kappa shape index (κ1) is 15.3. The summed E-state index contributed by atoms with van der Waals surface area (Å²) in [7, 11) is 0. The monoisotopic (exact) mass is 336 g/mol. The molecule has 1 N–H and O–H groups in total. The minimum absolute atomic E-state index is 0.259. The molecule has 124 valence electrons. The molecule has 0 aliphatic carbocycles. The number of rotatable bonds is 4. The molecular formula is C19H14F2N4. The maximum atomic E-state index is 13.9. The molecule has 6 heteroatoms. The van der Waals surface area contributed by atoms with Crippen molar-refractivity contribution in [1.29, 1.82) is 0 Å². The van der Waals surface area contributed by atoms with Gasteiger partial charge in [0.25, 0.3) is 0 Å². The Hall–Kier alpha value is -3.28. The number of anilines is 2. The number of aromatic nitrogens is 3. The first-order chi connectivity index (χ1) is 12.2. The average Bonchev–Trinajstić information content (AvgIpc) is 3.01. The standard InChI is InChI=1S/C19H14F2N4/c20-15-5-7-16(8-6-15)24-19-9-18-14(10-22-19)11-23-25(18)12-13-3-1-2-4-17(13)21/h1-11H,12H2,(H,22,24). The van der Waals surface area contributed by atoms with Gasteiger partial charge in [0.05, 0.1) is 18.3 Å². The second-order valence-electron chi connectivity index (χ2n) is 5.65. The Morgan fingerprint density at radius 2 is 1.76 bits per heavy atom. The maximum absolute atomic E-state index is 13.9. The predicted octanol–water partition coefficient (Wildman–Crippen LogP) is 4.50. The van der Waals surface area contributed by atoms with Crippen molar-refractivity contribution in [2.45, 2.75) is 6.54 Å². The Morgan fingerprint density at radius 1 is 0.960 bits per heavy atom. The van der Waals surface area contributed by atoms with Crippen molar-refractivity contribution in [3.63, 3.8) is 0 Å². The summed E-state index contributed by atoms with van der Waals surface area (Å²) in [6, 6.07) is 14.5. The van der Waals surface area contributed by atoms with Crippen LogP contribution in [0.25, 0.3) is 10.9 Å². The van der Waals surface area contributed by atoms with Gasteiger partial charge in [0, 0.05) is 28.9 Å². The number of halogens is 2. The zero-order chi connectivity index (χ0) is 17.2. The summed E-state index contributed by atoms with van der Waals surface area (Å²) >= 11 is 0. The quantitative estimate of drug-likeness (QED) is 0.597. The predicted molar refractivity (Wildman–Crippen MR) is 92.7 cm³/mol. The molecule has 2 aromatic heterocycles. The molecule has 0 radical (unpaired) electrons. The zero-order valence-corrected chi connectivity index (χ0v) is 13.2. The Balaban J connectivity index is 1.65. The van der Waals surface area contributed by atoms with Gasteiger partial charge in [-0.15, -0.1) is 0 Å². The normalized spacial score (nSPS) is 11.0. The number of hydrogen-bond donors (Lipinski definition) is 1. The third kappa shape index (κ3) is 3.19. The smallest absolute Gasteiger partial charge is 0.132 e. The highest BCUT2D eigenvalue weighted by Crippen LogP contribution is 2.21. The molecule has 0 unspecified atom stereocenters. The zero-order valence-electron chi connectivity index (χ0n) is 13.2. The van der Waals surface area contributed by atoms with Gasteiger partial charge in [-0.25, -0.2) is 13.8 Å². The van der Waals surface area contributed by atoms with E-state index in [4.69, 9.17) is 0 Å². The van der Waals surface area contributed by atoms with Crippen LogP contribution in [0.15, 0.2) is 67.0 Å². The third-order valence-electron chi connectivity index (χ3n) is 3.92. The summed E-state index contributed by atoms with van der Waals surface area (Å²) in [5.74, 6) is 0.0520. The van der Waals surface area contributed by atoms with E-state index in [0.717, 1.165) is 16.6 Å². The van der Waals surface area contributed by atoms with Crippen molar-refractivity contribution in [2.24, 2.45) is 0 Å². The number of benzene rings is 2. The Labute approximate surface area is 142 Å². The van der Waals surface area contributed by atoms with E-state index in [1.165, 1.54) is 18.2 Å². The first-order valence-corrected chi connectivity index (χ1v) is 7.76. The number of nitrogens with zero attached hydrogens (tertiary/aromatic N) is 3. The van der Waals surface area contributed by atoms with E-state index in [-0.39, 0.29) is 11.6 Å². The van der Waals surface area contributed by atoms with Crippen LogP contribution in [0.5, 0.6) is 0 Å². The van der Waals surface area contributed by atoms with Gasteiger partial charge in [0.2, 0.25) is 0 Å². The van der Waals surface area contributed by atoms with Crippen LogP contribution < -0.4 is 5.32 Å². The highest BCUT2D eigenvalue weighted by molar-refractivity contribution is 5.81. The van der Waals surface area contributed by atoms with Crippen molar-refractivity contribution in [3.05, 3.63) is 84.2 Å². The Morgan fingerprint density at radius 3 is 2.56 bits per heavy atom. The van der Waals surface area contributed by atoms with Gasteiger partial charge >= 0.3 is 0 Å². The molecule has 0 atom stereocenters. The van der Waals surface area contributed by atoms with E-state index in [0.29, 0.717) is 17.9 Å². The van der Waals surface area contributed by atoms with Crippen LogP contribution in [0, 0.1) is 11.6 Å². The summed E-state index contributed by atoms with van der Waals surface area (Å²) in [6.45, 7) is 0.330. The Bertz CT molecular complexity index is 1030. The molecule has 4 nitrogen and oxygen atoms in total. The summed E-state index contributed by atoms with van der Waals surface area (Å²) in [6.07, 6.45) is 3.40. The molecule has 0 aliphatic rings. The number of fused-ring (bicyclic) bond motifs is 1. The van der Waals surface area contributed by atoms with E-state index in [2.05, 4.69) is 15.4 Å². The summed E-state index contributed by atoms with van der Waals surface area (Å²) in [5.41, 5.74) is 2.13. The average molecular weight is 336 g/mol. The van der Waals surface area contributed by atoms with Crippen molar-refractivity contribution >= 4 is 22.4 Å². The van der Waals surface area contributed by atoms with Gasteiger partial charge in [0.15, 0.2) is 0 Å². The lowest BCUT2D eigenvalue weighted by Gasteiger charge is -2.08. The highest BCUT2D eigenvalue weighted by Gasteiger charge is 2.08. The highest BCUT2D eigenvalue weighted by atomic mass is 19.1. The van der Waals surface area contributed by atoms with Gasteiger partial charge in [-0.3, -0.25) is 4.68 Å². The summed E-state index contributed by atoms with van der Waals surface area (Å²) in [5, 5.41) is 8.31. The van der Waals surface area contributed by atoms with Gasteiger partial charge in [0.1, 0.15) is 17.5 Å². The number of hydrogen-bond acceptors (Lipinski definition) is 3. The van der Waals surface area contributed by atoms with Crippen LogP contribution in [0.3, 0.4) is 0 Å². The van der Waals surface area contributed by atoms with Crippen LogP contribution in [0.4, 0.5) is 20.3 Å². The van der Waals surface area contributed by atoms with Crippen molar-refractivity contribution in [1.82, 2.24) is 14.8 Å². The van der Waals surface area contributed by atoms with Crippen molar-refractivity contribution < 1.29 is 8.78 Å². The molecule has 0 bridgehead atoms.